The summed E-state index contributed by atoms with van der Waals surface area (Å²) in [7, 11) is -3.79. The summed E-state index contributed by atoms with van der Waals surface area (Å²) in [5, 5.41) is 10.7. The van der Waals surface area contributed by atoms with E-state index >= 15 is 0 Å². The second-order valence-electron chi connectivity index (χ2n) is 6.44. The average Bonchev–Trinajstić information content (AvgIpc) is 2.99. The molecule has 0 saturated heterocycles. The SMILES string of the molecule is O=C(O)Cc1cccc(NS(=O)(=O)c2ccc3c4c(cccc24)CC3)c1. The van der Waals surface area contributed by atoms with Gasteiger partial charge in [-0.15, -0.1) is 0 Å². The zero-order valence-corrected chi connectivity index (χ0v) is 14.7. The highest BCUT2D eigenvalue weighted by Crippen LogP contribution is 2.35. The molecule has 2 N–H and O–H groups in total. The van der Waals surface area contributed by atoms with Crippen LogP contribution in [-0.2, 0) is 34.1 Å². The molecule has 0 unspecified atom stereocenters. The lowest BCUT2D eigenvalue weighted by atomic mass is 10.1. The van der Waals surface area contributed by atoms with Gasteiger partial charge >= 0.3 is 5.97 Å². The van der Waals surface area contributed by atoms with Crippen molar-refractivity contribution in [3.05, 3.63) is 71.3 Å². The summed E-state index contributed by atoms with van der Waals surface area (Å²) in [4.78, 5) is 11.1. The van der Waals surface area contributed by atoms with Crippen molar-refractivity contribution >= 4 is 32.5 Å². The minimum atomic E-state index is -3.79. The molecule has 0 aliphatic heterocycles. The molecule has 0 amide bonds. The molecule has 1 aliphatic rings. The van der Waals surface area contributed by atoms with Crippen molar-refractivity contribution in [2.45, 2.75) is 24.2 Å². The van der Waals surface area contributed by atoms with E-state index in [1.165, 1.54) is 11.1 Å². The summed E-state index contributed by atoms with van der Waals surface area (Å²) in [5.41, 5.74) is 3.25. The molecule has 4 rings (SSSR count). The second kappa shape index (κ2) is 6.14. The van der Waals surface area contributed by atoms with Crippen LogP contribution in [0.5, 0.6) is 0 Å². The van der Waals surface area contributed by atoms with Crippen LogP contribution in [-0.4, -0.2) is 19.5 Å². The molecule has 0 saturated carbocycles. The number of carboxylic acid groups (broad SMARTS) is 1. The number of carboxylic acids is 1. The van der Waals surface area contributed by atoms with E-state index in [0.717, 1.165) is 23.6 Å². The number of aryl methyl sites for hydroxylation is 2. The summed E-state index contributed by atoms with van der Waals surface area (Å²) < 4.78 is 28.5. The average molecular weight is 367 g/mol. The highest BCUT2D eigenvalue weighted by atomic mass is 32.2. The lowest BCUT2D eigenvalue weighted by Crippen LogP contribution is -2.14. The molecule has 0 aromatic heterocycles. The Kier molecular flexibility index (Phi) is 3.92. The molecule has 0 bridgehead atoms. The Morgan fingerprint density at radius 1 is 1.00 bits per heavy atom. The highest BCUT2D eigenvalue weighted by molar-refractivity contribution is 7.93. The van der Waals surface area contributed by atoms with Crippen molar-refractivity contribution in [3.63, 3.8) is 0 Å². The number of hydrogen-bond donors (Lipinski definition) is 2. The number of benzene rings is 3. The summed E-state index contributed by atoms with van der Waals surface area (Å²) in [5.74, 6) is -0.961. The van der Waals surface area contributed by atoms with Gasteiger partial charge in [0.05, 0.1) is 11.3 Å². The van der Waals surface area contributed by atoms with Gasteiger partial charge in [-0.05, 0) is 53.1 Å². The van der Waals surface area contributed by atoms with E-state index in [9.17, 15) is 13.2 Å². The highest BCUT2D eigenvalue weighted by Gasteiger charge is 2.22. The molecule has 0 heterocycles. The fraction of sp³-hybridized carbons (Fsp3) is 0.150. The number of hydrogen-bond acceptors (Lipinski definition) is 3. The first-order valence-electron chi connectivity index (χ1n) is 8.31. The van der Waals surface area contributed by atoms with Gasteiger partial charge in [-0.2, -0.15) is 0 Å². The third kappa shape index (κ3) is 2.93. The summed E-state index contributed by atoms with van der Waals surface area (Å²) in [6, 6.07) is 15.8. The zero-order chi connectivity index (χ0) is 18.3. The Labute approximate surface area is 151 Å². The molecule has 0 spiro atoms. The minimum Gasteiger partial charge on any atom is -0.481 e. The van der Waals surface area contributed by atoms with Crippen molar-refractivity contribution in [2.24, 2.45) is 0 Å². The van der Waals surface area contributed by atoms with Crippen LogP contribution >= 0.6 is 0 Å². The van der Waals surface area contributed by atoms with Gasteiger partial charge in [-0.3, -0.25) is 9.52 Å². The molecular formula is C20H17NO4S. The molecule has 6 heteroatoms. The fourth-order valence-corrected chi connectivity index (χ4v) is 4.84. The van der Waals surface area contributed by atoms with Crippen molar-refractivity contribution in [2.75, 3.05) is 4.72 Å². The first-order valence-corrected chi connectivity index (χ1v) is 9.79. The van der Waals surface area contributed by atoms with Gasteiger partial charge in [-0.25, -0.2) is 8.42 Å². The number of nitrogens with one attached hydrogen (secondary N) is 1. The maximum atomic E-state index is 13.0. The molecular weight excluding hydrogens is 350 g/mol. The van der Waals surface area contributed by atoms with Gasteiger partial charge in [0.25, 0.3) is 10.0 Å². The summed E-state index contributed by atoms with van der Waals surface area (Å²) in [6.45, 7) is 0. The minimum absolute atomic E-state index is 0.156. The van der Waals surface area contributed by atoms with Gasteiger partial charge < -0.3 is 5.11 Å². The van der Waals surface area contributed by atoms with Crippen molar-refractivity contribution in [1.29, 1.82) is 0 Å². The molecule has 26 heavy (non-hydrogen) atoms. The zero-order valence-electron chi connectivity index (χ0n) is 13.9. The number of carbonyl (C=O) groups is 1. The van der Waals surface area contributed by atoms with Crippen LogP contribution < -0.4 is 4.72 Å². The van der Waals surface area contributed by atoms with Crippen molar-refractivity contribution in [3.8, 4) is 0 Å². The van der Waals surface area contributed by atoms with Crippen LogP contribution in [0, 0.1) is 0 Å². The molecule has 0 atom stereocenters. The van der Waals surface area contributed by atoms with Crippen LogP contribution in [0.4, 0.5) is 5.69 Å². The molecule has 1 aliphatic carbocycles. The molecule has 5 nitrogen and oxygen atoms in total. The number of anilines is 1. The lowest BCUT2D eigenvalue weighted by molar-refractivity contribution is -0.136. The van der Waals surface area contributed by atoms with E-state index in [2.05, 4.69) is 4.72 Å². The first-order chi connectivity index (χ1) is 12.4. The number of rotatable bonds is 5. The van der Waals surface area contributed by atoms with Crippen LogP contribution in [0.15, 0.2) is 59.5 Å². The topological polar surface area (TPSA) is 83.5 Å². The van der Waals surface area contributed by atoms with Crippen LogP contribution in [0.2, 0.25) is 0 Å². The predicted octanol–water partition coefficient (Wildman–Crippen LogP) is 3.37. The van der Waals surface area contributed by atoms with E-state index in [4.69, 9.17) is 5.11 Å². The molecule has 0 fully saturated rings. The van der Waals surface area contributed by atoms with E-state index < -0.39 is 16.0 Å². The monoisotopic (exact) mass is 367 g/mol. The normalized spacial score (nSPS) is 13.1. The Hall–Kier alpha value is -2.86. The fourth-order valence-electron chi connectivity index (χ4n) is 3.58. The van der Waals surface area contributed by atoms with E-state index in [0.29, 0.717) is 11.3 Å². The standard InChI is InChI=1S/C20H17NO4S/c22-19(23)12-13-3-1-5-16(11-13)21-26(24,25)18-10-9-15-8-7-14-4-2-6-17(18)20(14)15/h1-6,9-11,21H,7-8,12H2,(H,22,23). The van der Waals surface area contributed by atoms with E-state index in [1.54, 1.807) is 30.3 Å². The predicted molar refractivity (Wildman–Crippen MR) is 99.9 cm³/mol. The maximum absolute atomic E-state index is 13.0. The van der Waals surface area contributed by atoms with Gasteiger partial charge in [0.15, 0.2) is 0 Å². The van der Waals surface area contributed by atoms with Crippen molar-refractivity contribution < 1.29 is 18.3 Å². The Bertz CT molecular complexity index is 1130. The molecule has 3 aromatic carbocycles. The number of sulfonamides is 1. The van der Waals surface area contributed by atoms with E-state index in [-0.39, 0.29) is 11.3 Å². The Morgan fingerprint density at radius 3 is 2.50 bits per heavy atom. The Balaban J connectivity index is 1.75. The third-order valence-electron chi connectivity index (χ3n) is 4.66. The van der Waals surface area contributed by atoms with Gasteiger partial charge in [-0.1, -0.05) is 36.4 Å². The molecule has 132 valence electrons. The quantitative estimate of drug-likeness (QED) is 0.724. The Morgan fingerprint density at radius 2 is 1.73 bits per heavy atom. The largest absolute Gasteiger partial charge is 0.481 e. The summed E-state index contributed by atoms with van der Waals surface area (Å²) >= 11 is 0. The first kappa shape index (κ1) is 16.6. The number of aliphatic carboxylic acids is 1. The second-order valence-corrected chi connectivity index (χ2v) is 8.09. The van der Waals surface area contributed by atoms with Gasteiger partial charge in [0.1, 0.15) is 0 Å². The van der Waals surface area contributed by atoms with Crippen LogP contribution in [0.1, 0.15) is 16.7 Å². The summed E-state index contributed by atoms with van der Waals surface area (Å²) in [6.07, 6.45) is 1.71. The third-order valence-corrected chi connectivity index (χ3v) is 6.10. The lowest BCUT2D eigenvalue weighted by Gasteiger charge is -2.12. The molecule has 0 radical (unpaired) electrons. The molecule has 3 aromatic rings. The van der Waals surface area contributed by atoms with Crippen LogP contribution in [0.25, 0.3) is 10.8 Å². The maximum Gasteiger partial charge on any atom is 0.307 e. The van der Waals surface area contributed by atoms with E-state index in [1.807, 2.05) is 24.3 Å². The van der Waals surface area contributed by atoms with Crippen molar-refractivity contribution in [1.82, 2.24) is 0 Å². The smallest absolute Gasteiger partial charge is 0.307 e. The van der Waals surface area contributed by atoms with Crippen LogP contribution in [0.3, 0.4) is 0 Å². The van der Waals surface area contributed by atoms with Gasteiger partial charge in [0, 0.05) is 11.1 Å². The van der Waals surface area contributed by atoms with Gasteiger partial charge in [0.2, 0.25) is 0 Å².